The molecule has 1 unspecified atom stereocenters. The van der Waals surface area contributed by atoms with Crippen LogP contribution in [0, 0.1) is 0 Å². The Morgan fingerprint density at radius 1 is 1.12 bits per heavy atom. The van der Waals surface area contributed by atoms with Crippen LogP contribution in [-0.4, -0.2) is 48.4 Å². The number of amides is 3. The summed E-state index contributed by atoms with van der Waals surface area (Å²) < 4.78 is 5.72. The van der Waals surface area contributed by atoms with E-state index in [2.05, 4.69) is 5.32 Å². The highest BCUT2D eigenvalue weighted by Gasteiger charge is 2.34. The quantitative estimate of drug-likeness (QED) is 0.671. The number of carbonyl (C=O) groups is 3. The maximum atomic E-state index is 12.8. The Hall–Kier alpha value is -3.32. The summed E-state index contributed by atoms with van der Waals surface area (Å²) in [4.78, 5) is 41.4. The molecule has 0 bridgehead atoms. The first-order valence-electron chi connectivity index (χ1n) is 11.1. The summed E-state index contributed by atoms with van der Waals surface area (Å²) in [6.45, 7) is 3.06. The smallest absolute Gasteiger partial charge is 0.268 e. The van der Waals surface area contributed by atoms with E-state index in [-0.39, 0.29) is 24.3 Å². The molecule has 1 saturated heterocycles. The second-order valence-corrected chi connectivity index (χ2v) is 8.62. The van der Waals surface area contributed by atoms with Gasteiger partial charge in [0.25, 0.3) is 5.91 Å². The van der Waals surface area contributed by atoms with Crippen LogP contribution < -0.4 is 15.0 Å². The molecule has 2 aliphatic rings. The number of carbonyl (C=O) groups excluding carboxylic acids is 3. The van der Waals surface area contributed by atoms with Gasteiger partial charge in [0.2, 0.25) is 11.8 Å². The topological polar surface area (TPSA) is 79.0 Å². The molecule has 0 aliphatic carbocycles. The number of halogens is 1. The minimum atomic E-state index is -0.686. The molecule has 0 spiro atoms. The Morgan fingerprint density at radius 2 is 1.85 bits per heavy atom. The molecule has 3 amide bonds. The molecule has 172 valence electrons. The number of rotatable bonds is 5. The third kappa shape index (κ3) is 5.54. The van der Waals surface area contributed by atoms with Crippen molar-refractivity contribution < 1.29 is 19.1 Å². The number of fused-ring (bicyclic) bond motifs is 1. The van der Waals surface area contributed by atoms with Crippen LogP contribution in [0.3, 0.4) is 0 Å². The molecule has 1 N–H and O–H groups in total. The molecule has 2 aliphatic heterocycles. The van der Waals surface area contributed by atoms with Gasteiger partial charge in [-0.1, -0.05) is 23.7 Å². The van der Waals surface area contributed by atoms with Crippen molar-refractivity contribution in [1.29, 1.82) is 0 Å². The predicted molar refractivity (Wildman–Crippen MR) is 128 cm³/mol. The zero-order chi connectivity index (χ0) is 23.4. The number of nitrogens with one attached hydrogen (secondary N) is 1. The van der Waals surface area contributed by atoms with E-state index in [4.69, 9.17) is 16.3 Å². The van der Waals surface area contributed by atoms with Crippen molar-refractivity contribution in [2.24, 2.45) is 0 Å². The van der Waals surface area contributed by atoms with Crippen LogP contribution in [0.2, 0.25) is 5.02 Å². The summed E-state index contributed by atoms with van der Waals surface area (Å²) >= 11 is 5.88. The average Bonchev–Trinajstić information content (AvgIpc) is 2.82. The molecule has 8 heteroatoms. The summed E-state index contributed by atoms with van der Waals surface area (Å²) in [5.74, 6) is -0.178. The number of piperidine rings is 1. The lowest BCUT2D eigenvalue weighted by atomic mass is 10.1. The van der Waals surface area contributed by atoms with Crippen LogP contribution in [0.25, 0.3) is 6.08 Å². The zero-order valence-electron chi connectivity index (χ0n) is 18.4. The lowest BCUT2D eigenvalue weighted by Crippen LogP contribution is -2.50. The first-order valence-corrected chi connectivity index (χ1v) is 11.4. The van der Waals surface area contributed by atoms with E-state index in [1.54, 1.807) is 43.3 Å². The Kier molecular flexibility index (Phi) is 6.99. The Bertz CT molecular complexity index is 1080. The van der Waals surface area contributed by atoms with E-state index in [0.717, 1.165) is 37.9 Å². The fourth-order valence-corrected chi connectivity index (χ4v) is 4.08. The van der Waals surface area contributed by atoms with E-state index in [0.29, 0.717) is 22.1 Å². The SMILES string of the molecule is CC1Oc2ccc(NC(=O)/C=C/c3ccc(Cl)cc3)cc2N(CC(=O)N2CCCCC2)C1=O. The van der Waals surface area contributed by atoms with Crippen LogP contribution in [0.1, 0.15) is 31.7 Å². The molecule has 2 aromatic rings. The molecule has 1 fully saturated rings. The number of benzene rings is 2. The minimum absolute atomic E-state index is 0.0482. The van der Waals surface area contributed by atoms with Crippen molar-refractivity contribution >= 4 is 46.8 Å². The highest BCUT2D eigenvalue weighted by atomic mass is 35.5. The van der Waals surface area contributed by atoms with Gasteiger partial charge in [-0.15, -0.1) is 0 Å². The van der Waals surface area contributed by atoms with Gasteiger partial charge in [0.05, 0.1) is 5.69 Å². The third-order valence-corrected chi connectivity index (χ3v) is 5.99. The number of hydrogen-bond acceptors (Lipinski definition) is 4. The summed E-state index contributed by atoms with van der Waals surface area (Å²) in [5, 5.41) is 3.42. The molecule has 0 saturated carbocycles. The van der Waals surface area contributed by atoms with Crippen molar-refractivity contribution in [1.82, 2.24) is 4.90 Å². The summed E-state index contributed by atoms with van der Waals surface area (Å²) in [6.07, 6.45) is 5.50. The molecule has 2 aromatic carbocycles. The van der Waals surface area contributed by atoms with Crippen molar-refractivity contribution in [3.8, 4) is 5.75 Å². The van der Waals surface area contributed by atoms with Gasteiger partial charge in [0, 0.05) is 29.9 Å². The molecule has 2 heterocycles. The van der Waals surface area contributed by atoms with E-state index < -0.39 is 6.10 Å². The van der Waals surface area contributed by atoms with Gasteiger partial charge in [0.15, 0.2) is 6.10 Å². The van der Waals surface area contributed by atoms with E-state index >= 15 is 0 Å². The zero-order valence-corrected chi connectivity index (χ0v) is 19.2. The van der Waals surface area contributed by atoms with Crippen molar-refractivity contribution in [2.75, 3.05) is 29.9 Å². The van der Waals surface area contributed by atoms with Gasteiger partial charge in [-0.2, -0.15) is 0 Å². The van der Waals surface area contributed by atoms with Crippen molar-refractivity contribution in [3.63, 3.8) is 0 Å². The fraction of sp³-hybridized carbons (Fsp3) is 0.320. The van der Waals surface area contributed by atoms with Gasteiger partial charge in [0.1, 0.15) is 12.3 Å². The Balaban J connectivity index is 1.49. The maximum Gasteiger partial charge on any atom is 0.268 e. The van der Waals surface area contributed by atoms with Gasteiger partial charge < -0.3 is 15.0 Å². The molecular formula is C25H26ClN3O4. The number of ether oxygens (including phenoxy) is 1. The molecule has 7 nitrogen and oxygen atoms in total. The van der Waals surface area contributed by atoms with Crippen LogP contribution in [0.5, 0.6) is 5.75 Å². The molecule has 0 radical (unpaired) electrons. The molecule has 0 aromatic heterocycles. The first-order chi connectivity index (χ1) is 15.9. The van der Waals surface area contributed by atoms with Crippen molar-refractivity contribution in [2.45, 2.75) is 32.3 Å². The molecule has 1 atom stereocenters. The number of anilines is 2. The van der Waals surface area contributed by atoms with E-state index in [9.17, 15) is 14.4 Å². The summed E-state index contributed by atoms with van der Waals surface area (Å²) in [7, 11) is 0. The van der Waals surface area contributed by atoms with Gasteiger partial charge in [-0.25, -0.2) is 0 Å². The monoisotopic (exact) mass is 467 g/mol. The van der Waals surface area contributed by atoms with Crippen LogP contribution in [0.15, 0.2) is 48.5 Å². The predicted octanol–water partition coefficient (Wildman–Crippen LogP) is 4.12. The second kappa shape index (κ2) is 10.1. The van der Waals surface area contributed by atoms with Gasteiger partial charge in [-0.3, -0.25) is 19.3 Å². The van der Waals surface area contributed by atoms with Crippen LogP contribution >= 0.6 is 11.6 Å². The second-order valence-electron chi connectivity index (χ2n) is 8.18. The number of likely N-dealkylation sites (tertiary alicyclic amines) is 1. The van der Waals surface area contributed by atoms with E-state index in [1.807, 2.05) is 17.0 Å². The van der Waals surface area contributed by atoms with Gasteiger partial charge in [-0.05, 0) is 68.2 Å². The summed E-state index contributed by atoms with van der Waals surface area (Å²) in [5.41, 5.74) is 1.82. The normalized spacial score (nSPS) is 18.1. The van der Waals surface area contributed by atoms with Crippen LogP contribution in [-0.2, 0) is 14.4 Å². The molecule has 33 heavy (non-hydrogen) atoms. The lowest BCUT2D eigenvalue weighted by molar-refractivity contribution is -0.133. The third-order valence-electron chi connectivity index (χ3n) is 5.73. The molecule has 4 rings (SSSR count). The largest absolute Gasteiger partial charge is 0.479 e. The average molecular weight is 468 g/mol. The number of nitrogens with zero attached hydrogens (tertiary/aromatic N) is 2. The molecular weight excluding hydrogens is 442 g/mol. The lowest BCUT2D eigenvalue weighted by Gasteiger charge is -2.35. The minimum Gasteiger partial charge on any atom is -0.479 e. The van der Waals surface area contributed by atoms with E-state index in [1.165, 1.54) is 11.0 Å². The fourth-order valence-electron chi connectivity index (χ4n) is 3.96. The van der Waals surface area contributed by atoms with Gasteiger partial charge >= 0.3 is 0 Å². The van der Waals surface area contributed by atoms with Crippen molar-refractivity contribution in [3.05, 3.63) is 59.1 Å². The Labute approximate surface area is 198 Å². The summed E-state index contributed by atoms with van der Waals surface area (Å²) in [6, 6.07) is 12.2. The number of hydrogen-bond donors (Lipinski definition) is 1. The first kappa shape index (κ1) is 22.9. The van der Waals surface area contributed by atoms with Crippen LogP contribution in [0.4, 0.5) is 11.4 Å². The highest BCUT2D eigenvalue weighted by molar-refractivity contribution is 6.30. The standard InChI is InChI=1S/C25H26ClN3O4/c1-17-25(32)29(16-24(31)28-13-3-2-4-14-28)21-15-20(10-11-22(21)33-17)27-23(30)12-7-18-5-8-19(26)9-6-18/h5-12,15,17H,2-4,13-14,16H2,1H3,(H,27,30)/b12-7+. The maximum absolute atomic E-state index is 12.8. The highest BCUT2D eigenvalue weighted by Crippen LogP contribution is 2.36. The Morgan fingerprint density at radius 3 is 2.58 bits per heavy atom.